The highest BCUT2D eigenvalue weighted by atomic mass is 16.2. The van der Waals surface area contributed by atoms with E-state index in [0.717, 1.165) is 25.7 Å². The van der Waals surface area contributed by atoms with Gasteiger partial charge in [-0.2, -0.15) is 0 Å². The fourth-order valence-electron chi connectivity index (χ4n) is 2.63. The first-order valence-corrected chi connectivity index (χ1v) is 6.19. The third kappa shape index (κ3) is 2.60. The molecule has 0 aliphatic heterocycles. The van der Waals surface area contributed by atoms with Crippen molar-refractivity contribution in [1.82, 2.24) is 9.55 Å². The van der Waals surface area contributed by atoms with Crippen molar-refractivity contribution in [1.29, 1.82) is 0 Å². The Morgan fingerprint density at radius 1 is 1.29 bits per heavy atom. The number of hydrogen-bond donors (Lipinski definition) is 2. The molecule has 1 heterocycles. The molecule has 17 heavy (non-hydrogen) atoms. The molecular weight excluding hydrogens is 218 g/mol. The second-order valence-electron chi connectivity index (χ2n) is 5.00. The Morgan fingerprint density at radius 2 is 2.06 bits per heavy atom. The number of hydrogen-bond acceptors (Lipinski definition) is 3. The van der Waals surface area contributed by atoms with Gasteiger partial charge in [-0.25, -0.2) is 4.79 Å². The summed E-state index contributed by atoms with van der Waals surface area (Å²) in [6.07, 6.45) is 5.33. The van der Waals surface area contributed by atoms with Crippen molar-refractivity contribution in [2.24, 2.45) is 5.92 Å². The van der Waals surface area contributed by atoms with Gasteiger partial charge in [-0.05, 0) is 25.2 Å². The number of rotatable bonds is 1. The number of nitrogen functional groups attached to an aromatic ring is 1. The van der Waals surface area contributed by atoms with Crippen LogP contribution in [0.2, 0.25) is 0 Å². The molecule has 2 atom stereocenters. The lowest BCUT2D eigenvalue weighted by Crippen LogP contribution is -2.34. The van der Waals surface area contributed by atoms with E-state index in [2.05, 4.69) is 11.9 Å². The molecule has 5 heteroatoms. The normalized spacial score (nSPS) is 25.5. The zero-order valence-corrected chi connectivity index (χ0v) is 10.1. The van der Waals surface area contributed by atoms with Gasteiger partial charge in [0, 0.05) is 12.1 Å². The maximum atomic E-state index is 11.8. The molecule has 3 N–H and O–H groups in total. The van der Waals surface area contributed by atoms with E-state index in [0.29, 0.717) is 5.92 Å². The number of aromatic nitrogens is 2. The van der Waals surface area contributed by atoms with Crippen LogP contribution in [0.15, 0.2) is 15.7 Å². The topological polar surface area (TPSA) is 80.9 Å². The molecule has 0 saturated heterocycles. The molecule has 0 spiro atoms. The third-order valence-electron chi connectivity index (χ3n) is 3.60. The molecule has 2 unspecified atom stereocenters. The molecule has 0 radical (unpaired) electrons. The van der Waals surface area contributed by atoms with Gasteiger partial charge < -0.3 is 5.73 Å². The van der Waals surface area contributed by atoms with Crippen molar-refractivity contribution in [3.05, 3.63) is 26.9 Å². The van der Waals surface area contributed by atoms with E-state index in [4.69, 9.17) is 5.73 Å². The van der Waals surface area contributed by atoms with E-state index in [9.17, 15) is 9.59 Å². The number of nitrogens with zero attached hydrogens (tertiary/aromatic N) is 1. The van der Waals surface area contributed by atoms with Gasteiger partial charge in [-0.15, -0.1) is 0 Å². The van der Waals surface area contributed by atoms with Crippen LogP contribution in [0.5, 0.6) is 0 Å². The van der Waals surface area contributed by atoms with Gasteiger partial charge in [0.05, 0.1) is 0 Å². The zero-order valence-electron chi connectivity index (χ0n) is 10.1. The molecule has 0 bridgehead atoms. The van der Waals surface area contributed by atoms with Crippen LogP contribution in [-0.2, 0) is 0 Å². The summed E-state index contributed by atoms with van der Waals surface area (Å²) in [5.41, 5.74) is 4.98. The predicted octanol–water partition coefficient (Wildman–Crippen LogP) is 1.26. The molecule has 94 valence electrons. The zero-order chi connectivity index (χ0) is 12.4. The molecular formula is C12H19N3O2. The summed E-state index contributed by atoms with van der Waals surface area (Å²) in [6.45, 7) is 2.24. The highest BCUT2D eigenvalue weighted by Crippen LogP contribution is 2.30. The number of nitrogens with one attached hydrogen (secondary N) is 1. The fraction of sp³-hybridized carbons (Fsp3) is 0.667. The molecule has 2 rings (SSSR count). The van der Waals surface area contributed by atoms with Crippen molar-refractivity contribution in [2.45, 2.75) is 45.1 Å². The Kier molecular flexibility index (Phi) is 3.36. The lowest BCUT2D eigenvalue weighted by Gasteiger charge is -2.19. The van der Waals surface area contributed by atoms with Gasteiger partial charge in [-0.1, -0.05) is 19.8 Å². The second kappa shape index (κ2) is 4.77. The minimum Gasteiger partial charge on any atom is -0.385 e. The van der Waals surface area contributed by atoms with Gasteiger partial charge in [0.25, 0.3) is 5.56 Å². The Hall–Kier alpha value is -1.52. The van der Waals surface area contributed by atoms with Crippen LogP contribution in [0.3, 0.4) is 0 Å². The summed E-state index contributed by atoms with van der Waals surface area (Å²) in [5, 5.41) is 0. The monoisotopic (exact) mass is 237 g/mol. The Bertz CT molecular complexity index is 503. The van der Waals surface area contributed by atoms with E-state index in [1.54, 1.807) is 4.57 Å². The van der Waals surface area contributed by atoms with Crippen molar-refractivity contribution in [3.63, 3.8) is 0 Å². The van der Waals surface area contributed by atoms with E-state index in [-0.39, 0.29) is 17.5 Å². The summed E-state index contributed by atoms with van der Waals surface area (Å²) in [5.74, 6) is 0.984. The van der Waals surface area contributed by atoms with Crippen molar-refractivity contribution in [2.75, 3.05) is 5.73 Å². The highest BCUT2D eigenvalue weighted by Gasteiger charge is 2.20. The number of H-pyrrole nitrogens is 1. The summed E-state index contributed by atoms with van der Waals surface area (Å²) in [6, 6.07) is 1.42. The largest absolute Gasteiger partial charge is 0.385 e. The third-order valence-corrected chi connectivity index (χ3v) is 3.60. The predicted molar refractivity (Wildman–Crippen MR) is 67.0 cm³/mol. The molecule has 1 aliphatic carbocycles. The van der Waals surface area contributed by atoms with E-state index < -0.39 is 5.56 Å². The summed E-state index contributed by atoms with van der Waals surface area (Å²) < 4.78 is 1.54. The quantitative estimate of drug-likeness (QED) is 0.721. The standard InChI is InChI=1S/C12H19N3O2/c1-8-3-2-4-9(6-5-8)15-10(13)7-11(16)14-12(15)17/h7-9H,2-6,13H2,1H3,(H,14,16,17). The SMILES string of the molecule is CC1CCCC(n2c(N)cc(=O)[nH]c2=O)CC1. The average molecular weight is 237 g/mol. The van der Waals surface area contributed by atoms with Crippen LogP contribution in [0, 0.1) is 5.92 Å². The second-order valence-corrected chi connectivity index (χ2v) is 5.00. The number of anilines is 1. The highest BCUT2D eigenvalue weighted by molar-refractivity contribution is 5.27. The van der Waals surface area contributed by atoms with Crippen LogP contribution in [0.4, 0.5) is 5.82 Å². The molecule has 0 aromatic carbocycles. The van der Waals surface area contributed by atoms with Crippen LogP contribution in [0.25, 0.3) is 0 Å². The maximum Gasteiger partial charge on any atom is 0.330 e. The van der Waals surface area contributed by atoms with Crippen LogP contribution in [0.1, 0.15) is 45.1 Å². The lowest BCUT2D eigenvalue weighted by molar-refractivity contribution is 0.421. The van der Waals surface area contributed by atoms with Gasteiger partial charge in [0.1, 0.15) is 5.82 Å². The fourth-order valence-corrected chi connectivity index (χ4v) is 2.63. The van der Waals surface area contributed by atoms with Crippen LogP contribution < -0.4 is 17.0 Å². The number of aromatic amines is 1. The lowest BCUT2D eigenvalue weighted by atomic mass is 10.0. The van der Waals surface area contributed by atoms with Crippen molar-refractivity contribution in [3.8, 4) is 0 Å². The first kappa shape index (κ1) is 12.0. The molecule has 1 saturated carbocycles. The Labute approximate surface area is 99.7 Å². The minimum atomic E-state index is -0.425. The molecule has 0 amide bonds. The smallest absolute Gasteiger partial charge is 0.330 e. The van der Waals surface area contributed by atoms with E-state index >= 15 is 0 Å². The summed E-state index contributed by atoms with van der Waals surface area (Å²) in [4.78, 5) is 25.2. The van der Waals surface area contributed by atoms with Crippen LogP contribution >= 0.6 is 0 Å². The molecule has 1 aromatic rings. The van der Waals surface area contributed by atoms with Gasteiger partial charge in [-0.3, -0.25) is 14.3 Å². The Balaban J connectivity index is 2.33. The molecule has 1 aliphatic rings. The van der Waals surface area contributed by atoms with E-state index in [1.165, 1.54) is 12.5 Å². The molecule has 5 nitrogen and oxygen atoms in total. The first-order chi connectivity index (χ1) is 8.08. The van der Waals surface area contributed by atoms with Gasteiger partial charge in [0.15, 0.2) is 0 Å². The van der Waals surface area contributed by atoms with E-state index in [1.807, 2.05) is 0 Å². The first-order valence-electron chi connectivity index (χ1n) is 6.19. The number of nitrogens with two attached hydrogens (primary N) is 1. The summed E-state index contributed by atoms with van der Waals surface area (Å²) in [7, 11) is 0. The van der Waals surface area contributed by atoms with Gasteiger partial charge in [0.2, 0.25) is 0 Å². The molecule has 1 aromatic heterocycles. The minimum absolute atomic E-state index is 0.129. The van der Waals surface area contributed by atoms with Crippen molar-refractivity contribution < 1.29 is 0 Å². The summed E-state index contributed by atoms with van der Waals surface area (Å²) >= 11 is 0. The van der Waals surface area contributed by atoms with Gasteiger partial charge >= 0.3 is 5.69 Å². The average Bonchev–Trinajstić information content (AvgIpc) is 2.42. The Morgan fingerprint density at radius 3 is 2.76 bits per heavy atom. The maximum absolute atomic E-state index is 11.8. The molecule has 1 fully saturated rings. The van der Waals surface area contributed by atoms with Crippen LogP contribution in [-0.4, -0.2) is 9.55 Å². The van der Waals surface area contributed by atoms with Crippen molar-refractivity contribution >= 4 is 5.82 Å².